The molecule has 16 heteroatoms. The van der Waals surface area contributed by atoms with Crippen LogP contribution in [-0.4, -0.2) is 47.1 Å². The van der Waals surface area contributed by atoms with Gasteiger partial charge in [-0.15, -0.1) is 9.81 Å². The standard InChI is InChI=1S/C11H14ClN5O8S2/c12-8-3-9-11(4-10(8)26(13,20)21)27(22,23)17(6-14-9)2-1-7(25-16-19)5-24-15-18/h3-4,7,14H,1-2,5-6H2,(H2,13,20,21)/t7-/m0/s1. The molecule has 3 N–H and O–H groups in total. The lowest BCUT2D eigenvalue weighted by Gasteiger charge is -2.30. The molecule has 27 heavy (non-hydrogen) atoms. The molecule has 1 aliphatic heterocycles. The normalized spacial score (nSPS) is 17.3. The number of hydrogen-bond donors (Lipinski definition) is 2. The fourth-order valence-electron chi connectivity index (χ4n) is 2.33. The molecule has 0 saturated heterocycles. The molecule has 0 spiro atoms. The number of fused-ring (bicyclic) bond motifs is 1. The Kier molecular flexibility index (Phi) is 6.53. The van der Waals surface area contributed by atoms with Crippen molar-refractivity contribution in [2.75, 3.05) is 25.1 Å². The fraction of sp³-hybridized carbons (Fsp3) is 0.455. The Hall–Kier alpha value is -2.07. The molecule has 0 aliphatic carbocycles. The first-order valence-corrected chi connectivity index (χ1v) is 10.5. The summed E-state index contributed by atoms with van der Waals surface area (Å²) in [5, 5.41) is 12.0. The van der Waals surface area contributed by atoms with E-state index in [4.69, 9.17) is 16.7 Å². The summed E-state index contributed by atoms with van der Waals surface area (Å²) in [5.41, 5.74) is 0.111. The summed E-state index contributed by atoms with van der Waals surface area (Å²) in [6.45, 7) is -0.725. The molecule has 0 radical (unpaired) electrons. The second-order valence-corrected chi connectivity index (χ2v) is 9.14. The van der Waals surface area contributed by atoms with Gasteiger partial charge in [0, 0.05) is 13.0 Å². The maximum atomic E-state index is 12.8. The van der Waals surface area contributed by atoms with Crippen molar-refractivity contribution in [1.29, 1.82) is 0 Å². The molecule has 1 aliphatic rings. The maximum Gasteiger partial charge on any atom is 0.246 e. The first kappa shape index (κ1) is 21.2. The molecule has 1 heterocycles. The molecule has 1 aromatic rings. The van der Waals surface area contributed by atoms with Crippen molar-refractivity contribution in [3.8, 4) is 0 Å². The zero-order valence-corrected chi connectivity index (χ0v) is 15.8. The highest BCUT2D eigenvalue weighted by Crippen LogP contribution is 2.35. The number of primary sulfonamides is 1. The first-order chi connectivity index (χ1) is 12.6. The number of halogens is 1. The summed E-state index contributed by atoms with van der Waals surface area (Å²) in [7, 11) is -8.36. The average molecular weight is 444 g/mol. The van der Waals surface area contributed by atoms with Gasteiger partial charge >= 0.3 is 0 Å². The third-order valence-corrected chi connectivity index (χ3v) is 6.87. The van der Waals surface area contributed by atoms with Gasteiger partial charge in [0.15, 0.2) is 23.4 Å². The lowest BCUT2D eigenvalue weighted by molar-refractivity contribution is -0.0219. The Bertz CT molecular complexity index is 938. The van der Waals surface area contributed by atoms with E-state index in [9.17, 15) is 26.6 Å². The smallest absolute Gasteiger partial charge is 0.246 e. The number of rotatable bonds is 9. The fourth-order valence-corrected chi connectivity index (χ4v) is 5.04. The number of hydrogen-bond acceptors (Lipinski definition) is 11. The summed E-state index contributed by atoms with van der Waals surface area (Å²) in [5.74, 6) is 0. The molecule has 1 atom stereocenters. The van der Waals surface area contributed by atoms with Crippen LogP contribution in [0.25, 0.3) is 0 Å². The van der Waals surface area contributed by atoms with Crippen molar-refractivity contribution >= 4 is 37.3 Å². The Morgan fingerprint density at radius 2 is 2.04 bits per heavy atom. The van der Waals surface area contributed by atoms with Crippen LogP contribution in [0.1, 0.15) is 6.42 Å². The van der Waals surface area contributed by atoms with Gasteiger partial charge in [-0.2, -0.15) is 4.31 Å². The second kappa shape index (κ2) is 8.30. The van der Waals surface area contributed by atoms with E-state index < -0.39 is 37.7 Å². The van der Waals surface area contributed by atoms with Crippen LogP contribution >= 0.6 is 11.6 Å². The van der Waals surface area contributed by atoms with E-state index >= 15 is 0 Å². The van der Waals surface area contributed by atoms with Gasteiger partial charge in [-0.25, -0.2) is 22.0 Å². The quantitative estimate of drug-likeness (QED) is 0.404. The molecule has 0 unspecified atom stereocenters. The molecular weight excluding hydrogens is 430 g/mol. The van der Waals surface area contributed by atoms with Gasteiger partial charge in [-0.3, -0.25) is 0 Å². The second-order valence-electron chi connectivity index (χ2n) is 5.30. The minimum absolute atomic E-state index is 0.0624. The predicted octanol–water partition coefficient (Wildman–Crippen LogP) is 0.516. The lowest BCUT2D eigenvalue weighted by atomic mass is 10.2. The minimum atomic E-state index is -4.24. The average Bonchev–Trinajstić information content (AvgIpc) is 2.57. The van der Waals surface area contributed by atoms with Gasteiger partial charge in [0.1, 0.15) is 9.79 Å². The third kappa shape index (κ3) is 4.81. The van der Waals surface area contributed by atoms with E-state index in [-0.39, 0.29) is 35.2 Å². The van der Waals surface area contributed by atoms with Gasteiger partial charge in [-0.1, -0.05) is 11.6 Å². The van der Waals surface area contributed by atoms with E-state index in [0.717, 1.165) is 16.4 Å². The maximum absolute atomic E-state index is 12.8. The molecule has 13 nitrogen and oxygen atoms in total. The Labute approximate surface area is 158 Å². The highest BCUT2D eigenvalue weighted by atomic mass is 35.5. The molecule has 1 aromatic carbocycles. The van der Waals surface area contributed by atoms with Crippen molar-refractivity contribution in [2.24, 2.45) is 15.8 Å². The SMILES string of the molecule is NS(=O)(=O)c1cc2c(cc1Cl)NCN(CC[C@@H](CON=O)ON=O)S2(=O)=O. The zero-order valence-electron chi connectivity index (χ0n) is 13.4. The van der Waals surface area contributed by atoms with Crippen molar-refractivity contribution in [3.63, 3.8) is 0 Å². The van der Waals surface area contributed by atoms with E-state index in [1.165, 1.54) is 0 Å². The van der Waals surface area contributed by atoms with E-state index in [0.29, 0.717) is 0 Å². The van der Waals surface area contributed by atoms with E-state index in [1.54, 1.807) is 0 Å². The summed E-state index contributed by atoms with van der Waals surface area (Å²) < 4.78 is 49.6. The molecule has 0 saturated carbocycles. The van der Waals surface area contributed by atoms with Gasteiger partial charge in [0.25, 0.3) is 0 Å². The molecule has 0 aromatic heterocycles. The van der Waals surface area contributed by atoms with Gasteiger partial charge < -0.3 is 15.0 Å². The van der Waals surface area contributed by atoms with Crippen LogP contribution in [-0.2, 0) is 29.7 Å². The zero-order chi connectivity index (χ0) is 20.2. The van der Waals surface area contributed by atoms with E-state index in [2.05, 4.69) is 25.7 Å². The summed E-state index contributed by atoms with van der Waals surface area (Å²) in [6, 6.07) is 2.01. The largest absolute Gasteiger partial charge is 0.370 e. The van der Waals surface area contributed by atoms with Crippen LogP contribution in [0.5, 0.6) is 0 Å². The lowest BCUT2D eigenvalue weighted by Crippen LogP contribution is -2.41. The van der Waals surface area contributed by atoms with Crippen LogP contribution in [0.3, 0.4) is 0 Å². The number of benzene rings is 1. The van der Waals surface area contributed by atoms with Crippen LogP contribution in [0.4, 0.5) is 5.69 Å². The number of anilines is 1. The van der Waals surface area contributed by atoms with Crippen molar-refractivity contribution in [2.45, 2.75) is 22.3 Å². The molecule has 150 valence electrons. The third-order valence-electron chi connectivity index (χ3n) is 3.61. The predicted molar refractivity (Wildman–Crippen MR) is 92.2 cm³/mol. The van der Waals surface area contributed by atoms with Gasteiger partial charge in [0.05, 0.1) is 17.4 Å². The summed E-state index contributed by atoms with van der Waals surface area (Å²) >= 11 is 5.85. The number of sulfonamides is 2. The molecule has 0 fully saturated rings. The minimum Gasteiger partial charge on any atom is -0.370 e. The molecule has 0 bridgehead atoms. The number of nitrogens with zero attached hydrogens (tertiary/aromatic N) is 3. The highest BCUT2D eigenvalue weighted by molar-refractivity contribution is 7.90. The van der Waals surface area contributed by atoms with Crippen molar-refractivity contribution in [3.05, 3.63) is 27.0 Å². The topological polar surface area (TPSA) is 187 Å². The van der Waals surface area contributed by atoms with Gasteiger partial charge in [0.2, 0.25) is 20.0 Å². The van der Waals surface area contributed by atoms with Crippen molar-refractivity contribution < 1.29 is 26.5 Å². The van der Waals surface area contributed by atoms with Crippen LogP contribution in [0, 0.1) is 9.81 Å². The van der Waals surface area contributed by atoms with Crippen LogP contribution < -0.4 is 10.5 Å². The van der Waals surface area contributed by atoms with Crippen LogP contribution in [0.15, 0.2) is 32.6 Å². The monoisotopic (exact) mass is 443 g/mol. The number of nitrogens with one attached hydrogen (secondary N) is 1. The molecule has 2 rings (SSSR count). The Balaban J connectivity index is 2.27. The van der Waals surface area contributed by atoms with Crippen molar-refractivity contribution in [1.82, 2.24) is 4.31 Å². The Morgan fingerprint density at radius 1 is 1.33 bits per heavy atom. The molecular formula is C11H14ClN5O8S2. The van der Waals surface area contributed by atoms with Crippen LogP contribution in [0.2, 0.25) is 5.02 Å². The summed E-state index contributed by atoms with van der Waals surface area (Å²) in [4.78, 5) is 28.0. The molecule has 0 amide bonds. The first-order valence-electron chi connectivity index (χ1n) is 7.14. The highest BCUT2D eigenvalue weighted by Gasteiger charge is 2.34. The van der Waals surface area contributed by atoms with Gasteiger partial charge in [-0.05, 0) is 12.1 Å². The number of nitrogens with two attached hydrogens (primary N) is 1. The van der Waals surface area contributed by atoms with E-state index in [1.807, 2.05) is 0 Å². The summed E-state index contributed by atoms with van der Waals surface area (Å²) in [6.07, 6.45) is -1.07. The Morgan fingerprint density at radius 3 is 2.63 bits per heavy atom.